The Morgan fingerprint density at radius 3 is 2.55 bits per heavy atom. The van der Waals surface area contributed by atoms with E-state index in [1.165, 1.54) is 0 Å². The van der Waals surface area contributed by atoms with Gasteiger partial charge in [-0.05, 0) is 12.5 Å². The minimum absolute atomic E-state index is 0.147. The second kappa shape index (κ2) is 6.01. The van der Waals surface area contributed by atoms with Crippen LogP contribution in [0.25, 0.3) is 0 Å². The van der Waals surface area contributed by atoms with Gasteiger partial charge in [-0.1, -0.05) is 30.3 Å². The number of aromatic nitrogens is 2. The molecule has 1 aromatic carbocycles. The standard InChI is InChI=1S/C14H17N5O/c1-9-8-11(19-14(15)17-9)18-12(13(20)16-2)10-6-4-3-5-7-10/h3-8,12H,1-2H3,(H,16,20)(H3,15,17,18,19)/t12-/m0/s1. The second-order valence-electron chi connectivity index (χ2n) is 4.36. The number of nitrogens with zero attached hydrogens (tertiary/aromatic N) is 2. The summed E-state index contributed by atoms with van der Waals surface area (Å²) in [5.74, 6) is 0.551. The molecule has 1 aromatic heterocycles. The molecule has 0 fully saturated rings. The number of nitrogens with one attached hydrogen (secondary N) is 2. The Labute approximate surface area is 117 Å². The minimum atomic E-state index is -0.533. The van der Waals surface area contributed by atoms with E-state index in [1.807, 2.05) is 37.3 Å². The summed E-state index contributed by atoms with van der Waals surface area (Å²) in [5, 5.41) is 5.72. The van der Waals surface area contributed by atoms with Crippen molar-refractivity contribution in [1.29, 1.82) is 0 Å². The van der Waals surface area contributed by atoms with Crippen LogP contribution in [0, 0.1) is 6.92 Å². The lowest BCUT2D eigenvalue weighted by Crippen LogP contribution is -2.31. The van der Waals surface area contributed by atoms with Gasteiger partial charge in [-0.25, -0.2) is 4.98 Å². The lowest BCUT2D eigenvalue weighted by molar-refractivity contribution is -0.121. The zero-order valence-corrected chi connectivity index (χ0v) is 11.4. The number of nitrogens with two attached hydrogens (primary N) is 1. The number of hydrogen-bond donors (Lipinski definition) is 3. The van der Waals surface area contributed by atoms with Gasteiger partial charge in [0.05, 0.1) is 0 Å². The summed E-state index contributed by atoms with van der Waals surface area (Å²) in [7, 11) is 1.60. The Balaban J connectivity index is 2.31. The predicted molar refractivity (Wildman–Crippen MR) is 78.1 cm³/mol. The maximum atomic E-state index is 12.0. The van der Waals surface area contributed by atoms with Crippen LogP contribution in [0.1, 0.15) is 17.3 Å². The summed E-state index contributed by atoms with van der Waals surface area (Å²) in [4.78, 5) is 20.1. The average Bonchev–Trinajstić information content (AvgIpc) is 2.44. The first-order chi connectivity index (χ1) is 9.60. The van der Waals surface area contributed by atoms with Crippen molar-refractivity contribution in [3.63, 3.8) is 0 Å². The largest absolute Gasteiger partial charge is 0.368 e. The zero-order valence-electron chi connectivity index (χ0n) is 11.4. The number of hydrogen-bond acceptors (Lipinski definition) is 5. The van der Waals surface area contributed by atoms with Gasteiger partial charge in [-0.3, -0.25) is 4.79 Å². The van der Waals surface area contributed by atoms with Gasteiger partial charge in [0, 0.05) is 18.8 Å². The highest BCUT2D eigenvalue weighted by atomic mass is 16.2. The van der Waals surface area contributed by atoms with Crippen LogP contribution in [0.15, 0.2) is 36.4 Å². The molecule has 0 saturated heterocycles. The fourth-order valence-corrected chi connectivity index (χ4v) is 1.90. The first-order valence-electron chi connectivity index (χ1n) is 6.24. The van der Waals surface area contributed by atoms with Gasteiger partial charge in [-0.2, -0.15) is 4.98 Å². The Kier molecular flexibility index (Phi) is 4.14. The first kappa shape index (κ1) is 13.8. The molecule has 1 heterocycles. The molecule has 0 radical (unpaired) electrons. The van der Waals surface area contributed by atoms with Crippen molar-refractivity contribution in [1.82, 2.24) is 15.3 Å². The quantitative estimate of drug-likeness (QED) is 0.778. The van der Waals surface area contributed by atoms with Crippen LogP contribution in [0.3, 0.4) is 0 Å². The SMILES string of the molecule is CNC(=O)[C@@H](Nc1cc(C)nc(N)n1)c1ccccc1. The van der Waals surface area contributed by atoms with E-state index in [0.29, 0.717) is 5.82 Å². The molecule has 2 rings (SSSR count). The number of amides is 1. The topological polar surface area (TPSA) is 92.9 Å². The highest BCUT2D eigenvalue weighted by Gasteiger charge is 2.19. The Hall–Kier alpha value is -2.63. The van der Waals surface area contributed by atoms with E-state index in [2.05, 4.69) is 20.6 Å². The van der Waals surface area contributed by atoms with E-state index in [4.69, 9.17) is 5.73 Å². The third-order valence-corrected chi connectivity index (χ3v) is 2.81. The highest BCUT2D eigenvalue weighted by Crippen LogP contribution is 2.19. The van der Waals surface area contributed by atoms with E-state index < -0.39 is 6.04 Å². The van der Waals surface area contributed by atoms with Gasteiger partial charge in [0.1, 0.15) is 11.9 Å². The Bertz CT molecular complexity index is 580. The zero-order chi connectivity index (χ0) is 14.5. The van der Waals surface area contributed by atoms with E-state index >= 15 is 0 Å². The molecule has 0 saturated carbocycles. The van der Waals surface area contributed by atoms with Gasteiger partial charge < -0.3 is 16.4 Å². The number of carbonyl (C=O) groups is 1. The molecule has 0 aliphatic heterocycles. The molecule has 0 bridgehead atoms. The van der Waals surface area contributed by atoms with Crippen molar-refractivity contribution in [3.05, 3.63) is 47.7 Å². The number of benzene rings is 1. The van der Waals surface area contributed by atoms with Gasteiger partial charge >= 0.3 is 0 Å². The highest BCUT2D eigenvalue weighted by molar-refractivity contribution is 5.85. The molecule has 0 spiro atoms. The third kappa shape index (κ3) is 3.23. The molecule has 2 aromatic rings. The summed E-state index contributed by atoms with van der Waals surface area (Å²) < 4.78 is 0. The maximum absolute atomic E-state index is 12.0. The van der Waals surface area contributed by atoms with Crippen molar-refractivity contribution in [2.45, 2.75) is 13.0 Å². The van der Waals surface area contributed by atoms with E-state index in [0.717, 1.165) is 11.3 Å². The summed E-state index contributed by atoms with van der Waals surface area (Å²) in [5.41, 5.74) is 7.21. The molecular weight excluding hydrogens is 254 g/mol. The predicted octanol–water partition coefficient (Wildman–Crippen LogP) is 1.27. The van der Waals surface area contributed by atoms with Gasteiger partial charge in [0.15, 0.2) is 0 Å². The molecule has 0 aliphatic rings. The summed E-state index contributed by atoms with van der Waals surface area (Å²) in [6, 6.07) is 10.6. The van der Waals surface area contributed by atoms with Crippen molar-refractivity contribution >= 4 is 17.7 Å². The number of anilines is 2. The fraction of sp³-hybridized carbons (Fsp3) is 0.214. The summed E-state index contributed by atoms with van der Waals surface area (Å²) in [6.07, 6.45) is 0. The van der Waals surface area contributed by atoms with Crippen LogP contribution in [0.2, 0.25) is 0 Å². The second-order valence-corrected chi connectivity index (χ2v) is 4.36. The van der Waals surface area contributed by atoms with Crippen molar-refractivity contribution in [3.8, 4) is 0 Å². The minimum Gasteiger partial charge on any atom is -0.368 e. The lowest BCUT2D eigenvalue weighted by atomic mass is 10.1. The molecule has 0 unspecified atom stereocenters. The smallest absolute Gasteiger partial charge is 0.246 e. The van der Waals surface area contributed by atoms with E-state index in [-0.39, 0.29) is 11.9 Å². The fourth-order valence-electron chi connectivity index (χ4n) is 1.90. The number of aryl methyl sites for hydroxylation is 1. The molecule has 6 heteroatoms. The van der Waals surface area contributed by atoms with Crippen LogP contribution in [0.4, 0.5) is 11.8 Å². The number of rotatable bonds is 4. The average molecular weight is 271 g/mol. The van der Waals surface area contributed by atoms with Crippen LogP contribution >= 0.6 is 0 Å². The normalized spacial score (nSPS) is 11.7. The maximum Gasteiger partial charge on any atom is 0.246 e. The molecule has 1 atom stereocenters. The van der Waals surface area contributed by atoms with Crippen LogP contribution in [-0.2, 0) is 4.79 Å². The number of likely N-dealkylation sites (N-methyl/N-ethyl adjacent to an activating group) is 1. The van der Waals surface area contributed by atoms with Crippen LogP contribution in [-0.4, -0.2) is 22.9 Å². The summed E-state index contributed by atoms with van der Waals surface area (Å²) in [6.45, 7) is 1.82. The molecule has 20 heavy (non-hydrogen) atoms. The Morgan fingerprint density at radius 2 is 1.95 bits per heavy atom. The molecule has 4 N–H and O–H groups in total. The van der Waals surface area contributed by atoms with Crippen molar-refractivity contribution in [2.75, 3.05) is 18.1 Å². The number of nitrogen functional groups attached to an aromatic ring is 1. The lowest BCUT2D eigenvalue weighted by Gasteiger charge is -2.18. The van der Waals surface area contributed by atoms with Crippen LogP contribution in [0.5, 0.6) is 0 Å². The Morgan fingerprint density at radius 1 is 1.25 bits per heavy atom. The third-order valence-electron chi connectivity index (χ3n) is 2.81. The van der Waals surface area contributed by atoms with E-state index in [9.17, 15) is 4.79 Å². The van der Waals surface area contributed by atoms with Crippen molar-refractivity contribution in [2.24, 2.45) is 0 Å². The van der Waals surface area contributed by atoms with Gasteiger partial charge in [-0.15, -0.1) is 0 Å². The van der Waals surface area contributed by atoms with Gasteiger partial charge in [0.25, 0.3) is 0 Å². The van der Waals surface area contributed by atoms with Crippen LogP contribution < -0.4 is 16.4 Å². The molecule has 0 aliphatic carbocycles. The molecule has 6 nitrogen and oxygen atoms in total. The van der Waals surface area contributed by atoms with Crippen molar-refractivity contribution < 1.29 is 4.79 Å². The summed E-state index contributed by atoms with van der Waals surface area (Å²) >= 11 is 0. The monoisotopic (exact) mass is 271 g/mol. The molecule has 104 valence electrons. The molecule has 1 amide bonds. The first-order valence-corrected chi connectivity index (χ1v) is 6.24. The molecular formula is C14H17N5O. The van der Waals surface area contributed by atoms with Gasteiger partial charge in [0.2, 0.25) is 11.9 Å². The number of carbonyl (C=O) groups excluding carboxylic acids is 1. The van der Waals surface area contributed by atoms with E-state index in [1.54, 1.807) is 13.1 Å².